The molecule has 0 aromatic heterocycles. The fourth-order valence-electron chi connectivity index (χ4n) is 6.24. The van der Waals surface area contributed by atoms with E-state index in [4.69, 9.17) is 5.11 Å². The number of phenols is 1. The van der Waals surface area contributed by atoms with Gasteiger partial charge in [-0.25, -0.2) is 0 Å². The van der Waals surface area contributed by atoms with E-state index in [0.717, 1.165) is 44.1 Å². The van der Waals surface area contributed by atoms with Crippen LogP contribution in [0.3, 0.4) is 0 Å². The number of fused-ring (bicyclic) bond motifs is 5. The van der Waals surface area contributed by atoms with Crippen molar-refractivity contribution in [2.24, 2.45) is 17.3 Å². The molecular weight excluding hydrogens is 316 g/mol. The Morgan fingerprint density at radius 2 is 2.04 bits per heavy atom. The number of carboxylic acids is 1. The number of aliphatic carboxylic acids is 1. The maximum absolute atomic E-state index is 11.0. The second kappa shape index (κ2) is 6.01. The van der Waals surface area contributed by atoms with Gasteiger partial charge < -0.3 is 15.3 Å². The number of aromatic hydroxyl groups is 1. The lowest BCUT2D eigenvalue weighted by molar-refractivity contribution is -0.136. The van der Waals surface area contributed by atoms with Gasteiger partial charge in [-0.3, -0.25) is 4.79 Å². The molecule has 2 fully saturated rings. The minimum atomic E-state index is -0.792. The van der Waals surface area contributed by atoms with Gasteiger partial charge >= 0.3 is 5.97 Å². The number of hydrogen-bond acceptors (Lipinski definition) is 3. The Kier molecular flexibility index (Phi) is 4.06. The van der Waals surface area contributed by atoms with Crippen LogP contribution in [0.15, 0.2) is 12.1 Å². The highest BCUT2D eigenvalue weighted by atomic mass is 16.4. The molecule has 3 aliphatic rings. The van der Waals surface area contributed by atoms with Gasteiger partial charge in [-0.1, -0.05) is 6.92 Å². The molecule has 25 heavy (non-hydrogen) atoms. The average Bonchev–Trinajstić information content (AvgIpc) is 2.87. The van der Waals surface area contributed by atoms with Crippen molar-refractivity contribution in [1.82, 2.24) is 0 Å². The Morgan fingerprint density at radius 1 is 1.24 bits per heavy atom. The van der Waals surface area contributed by atoms with Gasteiger partial charge in [0.05, 0.1) is 6.10 Å². The van der Waals surface area contributed by atoms with Gasteiger partial charge in [-0.05, 0) is 96.9 Å². The summed E-state index contributed by atoms with van der Waals surface area (Å²) in [5.74, 6) is 1.07. The van der Waals surface area contributed by atoms with E-state index in [-0.39, 0.29) is 23.7 Å². The summed E-state index contributed by atoms with van der Waals surface area (Å²) in [5.41, 5.74) is 3.60. The highest BCUT2D eigenvalue weighted by Gasteiger charge is 2.54. The molecule has 0 saturated heterocycles. The molecule has 3 aliphatic carbocycles. The molecule has 0 aliphatic heterocycles. The van der Waals surface area contributed by atoms with Crippen molar-refractivity contribution in [3.05, 3.63) is 28.8 Å². The molecule has 4 nitrogen and oxygen atoms in total. The first-order valence-corrected chi connectivity index (χ1v) is 9.64. The molecule has 4 rings (SSSR count). The van der Waals surface area contributed by atoms with Crippen LogP contribution in [0.25, 0.3) is 0 Å². The number of aliphatic hydroxyl groups excluding tert-OH is 1. The fraction of sp³-hybridized carbons (Fsp3) is 0.667. The molecule has 0 bridgehead atoms. The molecule has 4 heteroatoms. The van der Waals surface area contributed by atoms with Crippen molar-refractivity contribution in [2.45, 2.75) is 70.3 Å². The normalized spacial score (nSPS) is 36.4. The standard InChI is InChI=1S/C21H28O4/c1-21-9-8-16-15(17(21)5-6-18(21)23)4-2-12-10-14(22)11-13(20(12)16)3-7-19(24)25/h10-11,15-18,22-23H,2-9H2,1H3,(H,24,25)/t15-,16+,17+,18-,21+/m1/s1. The van der Waals surface area contributed by atoms with Gasteiger partial charge in [0.15, 0.2) is 0 Å². The summed E-state index contributed by atoms with van der Waals surface area (Å²) >= 11 is 0. The number of phenolic OH excluding ortho intramolecular Hbond substituents is 1. The molecule has 136 valence electrons. The van der Waals surface area contributed by atoms with E-state index in [9.17, 15) is 15.0 Å². The zero-order chi connectivity index (χ0) is 17.8. The molecule has 0 spiro atoms. The molecular formula is C21H28O4. The molecule has 0 heterocycles. The van der Waals surface area contributed by atoms with Gasteiger partial charge in [0.25, 0.3) is 0 Å². The molecule has 0 unspecified atom stereocenters. The smallest absolute Gasteiger partial charge is 0.303 e. The molecule has 2 saturated carbocycles. The van der Waals surface area contributed by atoms with Crippen molar-refractivity contribution in [2.75, 3.05) is 0 Å². The quantitative estimate of drug-likeness (QED) is 0.782. The van der Waals surface area contributed by atoms with Crippen LogP contribution in [0.1, 0.15) is 68.1 Å². The highest BCUT2D eigenvalue weighted by Crippen LogP contribution is 2.61. The first-order chi connectivity index (χ1) is 11.9. The number of aliphatic hydroxyl groups is 1. The first kappa shape index (κ1) is 16.9. The number of carboxylic acid groups (broad SMARTS) is 1. The summed E-state index contributed by atoms with van der Waals surface area (Å²) in [6.45, 7) is 2.27. The molecule has 5 atom stereocenters. The number of aryl methyl sites for hydroxylation is 2. The van der Waals surface area contributed by atoms with Crippen LogP contribution in [0, 0.1) is 17.3 Å². The van der Waals surface area contributed by atoms with Crippen molar-refractivity contribution < 1.29 is 20.1 Å². The van der Waals surface area contributed by atoms with E-state index in [1.54, 1.807) is 6.07 Å². The average molecular weight is 344 g/mol. The Morgan fingerprint density at radius 3 is 2.80 bits per heavy atom. The van der Waals surface area contributed by atoms with Crippen LogP contribution in [0.4, 0.5) is 0 Å². The summed E-state index contributed by atoms with van der Waals surface area (Å²) in [6.07, 6.45) is 6.61. The maximum Gasteiger partial charge on any atom is 0.303 e. The largest absolute Gasteiger partial charge is 0.508 e. The van der Waals surface area contributed by atoms with Crippen LogP contribution in [0.5, 0.6) is 5.75 Å². The van der Waals surface area contributed by atoms with Crippen LogP contribution in [-0.4, -0.2) is 27.4 Å². The molecule has 0 radical (unpaired) electrons. The maximum atomic E-state index is 11.0. The Bertz CT molecular complexity index is 697. The number of carbonyl (C=O) groups is 1. The lowest BCUT2D eigenvalue weighted by Gasteiger charge is -2.50. The Hall–Kier alpha value is -1.55. The van der Waals surface area contributed by atoms with E-state index in [1.807, 2.05) is 6.07 Å². The number of hydrogen-bond donors (Lipinski definition) is 3. The third-order valence-corrected chi connectivity index (χ3v) is 7.45. The van der Waals surface area contributed by atoms with Gasteiger partial charge in [-0.2, -0.15) is 0 Å². The van der Waals surface area contributed by atoms with Gasteiger partial charge in [0.2, 0.25) is 0 Å². The van der Waals surface area contributed by atoms with Crippen molar-refractivity contribution in [1.29, 1.82) is 0 Å². The van der Waals surface area contributed by atoms with Crippen LogP contribution >= 0.6 is 0 Å². The van der Waals surface area contributed by atoms with Crippen molar-refractivity contribution in [3.63, 3.8) is 0 Å². The van der Waals surface area contributed by atoms with Crippen LogP contribution in [0.2, 0.25) is 0 Å². The first-order valence-electron chi connectivity index (χ1n) is 9.64. The van der Waals surface area contributed by atoms with Gasteiger partial charge in [0, 0.05) is 6.42 Å². The van der Waals surface area contributed by atoms with E-state index in [1.165, 1.54) is 11.1 Å². The van der Waals surface area contributed by atoms with E-state index < -0.39 is 5.97 Å². The molecule has 3 N–H and O–H groups in total. The lowest BCUT2D eigenvalue weighted by atomic mass is 9.55. The third kappa shape index (κ3) is 2.66. The van der Waals surface area contributed by atoms with Crippen LogP contribution in [-0.2, 0) is 17.6 Å². The molecule has 1 aromatic rings. The summed E-state index contributed by atoms with van der Waals surface area (Å²) in [5, 5.41) is 29.7. The third-order valence-electron chi connectivity index (χ3n) is 7.45. The Labute approximate surface area is 148 Å². The summed E-state index contributed by atoms with van der Waals surface area (Å²) in [7, 11) is 0. The SMILES string of the molecule is C[C@]12CC[C@@H]3c4c(CCC(=O)O)cc(O)cc4CC[C@H]3[C@@H]1CC[C@H]2O. The van der Waals surface area contributed by atoms with Gasteiger partial charge in [0.1, 0.15) is 5.75 Å². The zero-order valence-electron chi connectivity index (χ0n) is 14.9. The molecule has 1 aromatic carbocycles. The summed E-state index contributed by atoms with van der Waals surface area (Å²) < 4.78 is 0. The van der Waals surface area contributed by atoms with Crippen LogP contribution < -0.4 is 0 Å². The van der Waals surface area contributed by atoms with Crippen molar-refractivity contribution >= 4 is 5.97 Å². The predicted octanol–water partition coefficient (Wildman–Crippen LogP) is 3.63. The lowest BCUT2D eigenvalue weighted by Crippen LogP contribution is -2.44. The van der Waals surface area contributed by atoms with E-state index >= 15 is 0 Å². The predicted molar refractivity (Wildman–Crippen MR) is 94.7 cm³/mol. The minimum absolute atomic E-state index is 0.0524. The summed E-state index contributed by atoms with van der Waals surface area (Å²) in [6, 6.07) is 3.66. The Balaban J connectivity index is 1.71. The van der Waals surface area contributed by atoms with E-state index in [2.05, 4.69) is 6.92 Å². The van der Waals surface area contributed by atoms with Crippen molar-refractivity contribution in [3.8, 4) is 5.75 Å². The number of rotatable bonds is 3. The van der Waals surface area contributed by atoms with Gasteiger partial charge in [-0.15, -0.1) is 0 Å². The minimum Gasteiger partial charge on any atom is -0.508 e. The summed E-state index contributed by atoms with van der Waals surface area (Å²) in [4.78, 5) is 11.0. The second-order valence-corrected chi connectivity index (χ2v) is 8.62. The topological polar surface area (TPSA) is 77.8 Å². The highest BCUT2D eigenvalue weighted by molar-refractivity contribution is 5.67. The number of benzene rings is 1. The monoisotopic (exact) mass is 344 g/mol. The van der Waals surface area contributed by atoms with E-state index in [0.29, 0.717) is 24.2 Å². The molecule has 0 amide bonds. The fourth-order valence-corrected chi connectivity index (χ4v) is 6.24. The zero-order valence-corrected chi connectivity index (χ0v) is 14.9. The second-order valence-electron chi connectivity index (χ2n) is 8.62.